The summed E-state index contributed by atoms with van der Waals surface area (Å²) < 4.78 is 38.7. The lowest BCUT2D eigenvalue weighted by molar-refractivity contribution is -0.181. The summed E-state index contributed by atoms with van der Waals surface area (Å²) in [6.45, 7) is 6.04. The standard InChI is InChI=1S/C9H15F3O2/c1-5(8(2,3)4)6(10)9(11,12)7(13)14/h5-6H,1-4H3,(H,13,14). The van der Waals surface area contributed by atoms with Crippen molar-refractivity contribution in [1.29, 1.82) is 0 Å². The van der Waals surface area contributed by atoms with Crippen LogP contribution in [0.1, 0.15) is 27.7 Å². The number of rotatable bonds is 3. The summed E-state index contributed by atoms with van der Waals surface area (Å²) in [7, 11) is 0. The molecule has 0 saturated heterocycles. The molecule has 0 heterocycles. The van der Waals surface area contributed by atoms with Gasteiger partial charge in [-0.2, -0.15) is 8.78 Å². The molecule has 84 valence electrons. The average Bonchev–Trinajstić information content (AvgIpc) is 1.99. The van der Waals surface area contributed by atoms with E-state index in [4.69, 9.17) is 5.11 Å². The minimum Gasteiger partial charge on any atom is -0.477 e. The van der Waals surface area contributed by atoms with Crippen LogP contribution in [0.3, 0.4) is 0 Å². The van der Waals surface area contributed by atoms with Crippen LogP contribution < -0.4 is 0 Å². The number of alkyl halides is 3. The van der Waals surface area contributed by atoms with Crippen molar-refractivity contribution in [3.63, 3.8) is 0 Å². The van der Waals surface area contributed by atoms with Crippen LogP contribution in [-0.2, 0) is 4.79 Å². The molecule has 0 radical (unpaired) electrons. The topological polar surface area (TPSA) is 37.3 Å². The van der Waals surface area contributed by atoms with E-state index in [9.17, 15) is 18.0 Å². The summed E-state index contributed by atoms with van der Waals surface area (Å²) in [6.07, 6.45) is -2.67. The molecular formula is C9H15F3O2. The van der Waals surface area contributed by atoms with Gasteiger partial charge in [-0.15, -0.1) is 0 Å². The summed E-state index contributed by atoms with van der Waals surface area (Å²) in [5, 5.41) is 8.14. The maximum absolute atomic E-state index is 13.2. The van der Waals surface area contributed by atoms with Crippen molar-refractivity contribution in [3.05, 3.63) is 0 Å². The smallest absolute Gasteiger partial charge is 0.377 e. The summed E-state index contributed by atoms with van der Waals surface area (Å²) in [5.74, 6) is -7.76. The number of hydrogen-bond donors (Lipinski definition) is 1. The van der Waals surface area contributed by atoms with Crippen molar-refractivity contribution in [2.24, 2.45) is 11.3 Å². The van der Waals surface area contributed by atoms with Crippen LogP contribution >= 0.6 is 0 Å². The fourth-order valence-corrected chi connectivity index (χ4v) is 0.871. The Labute approximate surface area is 81.1 Å². The zero-order valence-electron chi connectivity index (χ0n) is 8.64. The molecule has 0 aliphatic heterocycles. The molecule has 0 aliphatic rings. The molecule has 2 atom stereocenters. The minimum absolute atomic E-state index is 0.696. The zero-order chi connectivity index (χ0) is 11.7. The lowest BCUT2D eigenvalue weighted by Gasteiger charge is -2.32. The Morgan fingerprint density at radius 2 is 1.64 bits per heavy atom. The molecular weight excluding hydrogens is 197 g/mol. The van der Waals surface area contributed by atoms with Gasteiger partial charge >= 0.3 is 11.9 Å². The van der Waals surface area contributed by atoms with E-state index in [2.05, 4.69) is 0 Å². The molecule has 0 bridgehead atoms. The van der Waals surface area contributed by atoms with Gasteiger partial charge in [0.2, 0.25) is 0 Å². The monoisotopic (exact) mass is 212 g/mol. The van der Waals surface area contributed by atoms with E-state index in [0.717, 1.165) is 0 Å². The largest absolute Gasteiger partial charge is 0.477 e. The van der Waals surface area contributed by atoms with Crippen LogP contribution in [-0.4, -0.2) is 23.2 Å². The summed E-state index contributed by atoms with van der Waals surface area (Å²) >= 11 is 0. The average molecular weight is 212 g/mol. The van der Waals surface area contributed by atoms with Crippen molar-refractivity contribution in [2.45, 2.75) is 39.8 Å². The maximum atomic E-state index is 13.2. The van der Waals surface area contributed by atoms with E-state index >= 15 is 0 Å². The number of carbonyl (C=O) groups is 1. The van der Waals surface area contributed by atoms with Gasteiger partial charge in [-0.3, -0.25) is 0 Å². The third kappa shape index (κ3) is 2.62. The van der Waals surface area contributed by atoms with E-state index in [1.54, 1.807) is 20.8 Å². The van der Waals surface area contributed by atoms with Crippen LogP contribution in [0.5, 0.6) is 0 Å². The lowest BCUT2D eigenvalue weighted by atomic mass is 9.77. The summed E-state index contributed by atoms with van der Waals surface area (Å²) in [5.41, 5.74) is -0.696. The molecule has 0 amide bonds. The van der Waals surface area contributed by atoms with E-state index in [1.807, 2.05) is 0 Å². The third-order valence-electron chi connectivity index (χ3n) is 2.44. The van der Waals surface area contributed by atoms with Crippen molar-refractivity contribution in [2.75, 3.05) is 0 Å². The van der Waals surface area contributed by atoms with Gasteiger partial charge in [0.15, 0.2) is 6.17 Å². The van der Waals surface area contributed by atoms with Gasteiger partial charge in [0.05, 0.1) is 0 Å². The first-order valence-electron chi connectivity index (χ1n) is 4.26. The molecule has 0 aromatic carbocycles. The van der Waals surface area contributed by atoms with E-state index < -0.39 is 29.4 Å². The molecule has 0 saturated carbocycles. The van der Waals surface area contributed by atoms with E-state index in [1.165, 1.54) is 6.92 Å². The molecule has 2 nitrogen and oxygen atoms in total. The Bertz CT molecular complexity index is 221. The molecule has 2 unspecified atom stereocenters. The van der Waals surface area contributed by atoms with Gasteiger partial charge in [0, 0.05) is 0 Å². The highest BCUT2D eigenvalue weighted by atomic mass is 19.3. The van der Waals surface area contributed by atoms with Crippen molar-refractivity contribution < 1.29 is 23.1 Å². The number of halogens is 3. The van der Waals surface area contributed by atoms with Crippen LogP contribution in [0.2, 0.25) is 0 Å². The highest BCUT2D eigenvalue weighted by Crippen LogP contribution is 2.37. The maximum Gasteiger partial charge on any atom is 0.377 e. The first-order chi connectivity index (χ1) is 6.01. The first-order valence-corrected chi connectivity index (χ1v) is 4.26. The van der Waals surface area contributed by atoms with E-state index in [-0.39, 0.29) is 0 Å². The molecule has 0 aliphatic carbocycles. The quantitative estimate of drug-likeness (QED) is 0.781. The second-order valence-electron chi connectivity index (χ2n) is 4.48. The number of carboxylic acids is 1. The predicted octanol–water partition coefficient (Wildman–Crippen LogP) is 2.73. The van der Waals surface area contributed by atoms with Crippen LogP contribution in [0.4, 0.5) is 13.2 Å². The number of aliphatic carboxylic acids is 1. The van der Waals surface area contributed by atoms with Gasteiger partial charge in [0.1, 0.15) is 0 Å². The predicted molar refractivity (Wildman–Crippen MR) is 46.1 cm³/mol. The Hall–Kier alpha value is -0.740. The fourth-order valence-electron chi connectivity index (χ4n) is 0.871. The SMILES string of the molecule is CC(C(F)C(F)(F)C(=O)O)C(C)(C)C. The molecule has 5 heteroatoms. The van der Waals surface area contributed by atoms with Crippen LogP contribution in [0.15, 0.2) is 0 Å². The van der Waals surface area contributed by atoms with Crippen molar-refractivity contribution in [1.82, 2.24) is 0 Å². The summed E-state index contributed by atoms with van der Waals surface area (Å²) in [4.78, 5) is 10.1. The van der Waals surface area contributed by atoms with E-state index in [0.29, 0.717) is 0 Å². The normalized spacial score (nSPS) is 17.6. The molecule has 14 heavy (non-hydrogen) atoms. The zero-order valence-corrected chi connectivity index (χ0v) is 8.64. The second-order valence-corrected chi connectivity index (χ2v) is 4.48. The van der Waals surface area contributed by atoms with Gasteiger partial charge < -0.3 is 5.11 Å². The second kappa shape index (κ2) is 3.79. The van der Waals surface area contributed by atoms with Gasteiger partial charge in [-0.05, 0) is 11.3 Å². The van der Waals surface area contributed by atoms with Crippen LogP contribution in [0, 0.1) is 11.3 Å². The molecule has 0 fully saturated rings. The first kappa shape index (κ1) is 13.3. The summed E-state index contributed by atoms with van der Waals surface area (Å²) in [6, 6.07) is 0. The van der Waals surface area contributed by atoms with Gasteiger partial charge in [-0.1, -0.05) is 27.7 Å². The Kier molecular flexibility index (Phi) is 3.59. The Morgan fingerprint density at radius 3 is 1.86 bits per heavy atom. The third-order valence-corrected chi connectivity index (χ3v) is 2.44. The minimum atomic E-state index is -4.31. The molecule has 0 spiro atoms. The van der Waals surface area contributed by atoms with Crippen molar-refractivity contribution in [3.8, 4) is 0 Å². The fraction of sp³-hybridized carbons (Fsp3) is 0.889. The molecule has 0 rings (SSSR count). The van der Waals surface area contributed by atoms with Crippen LogP contribution in [0.25, 0.3) is 0 Å². The molecule has 0 aromatic rings. The van der Waals surface area contributed by atoms with Gasteiger partial charge in [0.25, 0.3) is 0 Å². The Balaban J connectivity index is 4.79. The number of carboxylic acid groups (broad SMARTS) is 1. The number of hydrogen-bond acceptors (Lipinski definition) is 1. The highest BCUT2D eigenvalue weighted by Gasteiger charge is 2.52. The van der Waals surface area contributed by atoms with Crippen molar-refractivity contribution >= 4 is 5.97 Å². The lowest BCUT2D eigenvalue weighted by Crippen LogP contribution is -2.45. The molecule has 1 N–H and O–H groups in total. The Morgan fingerprint density at radius 1 is 1.29 bits per heavy atom. The van der Waals surface area contributed by atoms with Gasteiger partial charge in [-0.25, -0.2) is 9.18 Å². The molecule has 0 aromatic heterocycles. The highest BCUT2D eigenvalue weighted by molar-refractivity contribution is 5.76.